The number of methoxy groups -OCH3 is 2. The Kier molecular flexibility index (Phi) is 5.18. The SMILES string of the molecule is COCOc1c(Cl)c(C)c(Cl)c(OC)c1Br. The van der Waals surface area contributed by atoms with E-state index in [1.54, 1.807) is 6.92 Å². The molecule has 0 atom stereocenters. The number of hydrogen-bond donors (Lipinski definition) is 0. The van der Waals surface area contributed by atoms with Gasteiger partial charge in [0.25, 0.3) is 0 Å². The molecule has 90 valence electrons. The molecule has 1 aromatic carbocycles. The summed E-state index contributed by atoms with van der Waals surface area (Å²) in [5, 5.41) is 0.902. The summed E-state index contributed by atoms with van der Waals surface area (Å²) in [6.07, 6.45) is 0. The van der Waals surface area contributed by atoms with Crippen LogP contribution in [0.3, 0.4) is 0 Å². The average Bonchev–Trinajstić information content (AvgIpc) is 2.27. The fraction of sp³-hybridized carbons (Fsp3) is 0.400. The van der Waals surface area contributed by atoms with Gasteiger partial charge in [0, 0.05) is 7.11 Å². The summed E-state index contributed by atoms with van der Waals surface area (Å²) in [5.74, 6) is 0.955. The molecular formula is C10H11BrCl2O3. The number of halogens is 3. The highest BCUT2D eigenvalue weighted by Gasteiger charge is 2.20. The molecule has 0 N–H and O–H groups in total. The highest BCUT2D eigenvalue weighted by molar-refractivity contribution is 9.10. The highest BCUT2D eigenvalue weighted by Crippen LogP contribution is 2.47. The van der Waals surface area contributed by atoms with E-state index in [2.05, 4.69) is 15.9 Å². The maximum atomic E-state index is 6.12. The Morgan fingerprint density at radius 1 is 1.12 bits per heavy atom. The smallest absolute Gasteiger partial charge is 0.188 e. The Hall–Kier alpha value is -0.160. The zero-order valence-corrected chi connectivity index (χ0v) is 12.2. The maximum absolute atomic E-state index is 6.12. The van der Waals surface area contributed by atoms with E-state index < -0.39 is 0 Å². The molecule has 0 aliphatic heterocycles. The van der Waals surface area contributed by atoms with Crippen molar-refractivity contribution in [1.29, 1.82) is 0 Å². The first-order valence-electron chi connectivity index (χ1n) is 4.37. The number of rotatable bonds is 4. The van der Waals surface area contributed by atoms with Crippen LogP contribution in [-0.4, -0.2) is 21.0 Å². The van der Waals surface area contributed by atoms with Crippen molar-refractivity contribution in [3.63, 3.8) is 0 Å². The van der Waals surface area contributed by atoms with Crippen LogP contribution in [0.2, 0.25) is 10.0 Å². The van der Waals surface area contributed by atoms with Gasteiger partial charge in [-0.2, -0.15) is 0 Å². The zero-order chi connectivity index (χ0) is 12.3. The normalized spacial score (nSPS) is 10.4. The van der Waals surface area contributed by atoms with E-state index in [9.17, 15) is 0 Å². The molecule has 0 aromatic heterocycles. The molecule has 0 saturated heterocycles. The second kappa shape index (κ2) is 5.96. The minimum Gasteiger partial charge on any atom is -0.494 e. The second-order valence-electron chi connectivity index (χ2n) is 2.98. The van der Waals surface area contributed by atoms with Crippen LogP contribution in [0, 0.1) is 6.92 Å². The fourth-order valence-corrected chi connectivity index (χ4v) is 2.62. The van der Waals surface area contributed by atoms with Crippen molar-refractivity contribution in [1.82, 2.24) is 0 Å². The minimum absolute atomic E-state index is 0.0997. The molecule has 16 heavy (non-hydrogen) atoms. The van der Waals surface area contributed by atoms with Crippen LogP contribution in [0.4, 0.5) is 0 Å². The molecule has 1 aromatic rings. The Morgan fingerprint density at radius 2 is 1.69 bits per heavy atom. The van der Waals surface area contributed by atoms with Crippen molar-refractivity contribution in [3.05, 3.63) is 20.1 Å². The van der Waals surface area contributed by atoms with Gasteiger partial charge in [0.05, 0.1) is 17.2 Å². The monoisotopic (exact) mass is 328 g/mol. The van der Waals surface area contributed by atoms with Crippen molar-refractivity contribution in [2.24, 2.45) is 0 Å². The van der Waals surface area contributed by atoms with Gasteiger partial charge in [0.1, 0.15) is 4.47 Å². The Bertz CT molecular complexity index is 396. The van der Waals surface area contributed by atoms with E-state index in [1.807, 2.05) is 0 Å². The molecule has 1 rings (SSSR count). The zero-order valence-electron chi connectivity index (χ0n) is 9.07. The van der Waals surface area contributed by atoms with Gasteiger partial charge in [-0.3, -0.25) is 0 Å². The van der Waals surface area contributed by atoms with Crippen molar-refractivity contribution < 1.29 is 14.2 Å². The van der Waals surface area contributed by atoms with Gasteiger partial charge in [-0.25, -0.2) is 0 Å². The van der Waals surface area contributed by atoms with Crippen molar-refractivity contribution in [2.45, 2.75) is 6.92 Å². The van der Waals surface area contributed by atoms with Gasteiger partial charge in [-0.15, -0.1) is 0 Å². The summed E-state index contributed by atoms with van der Waals surface area (Å²) in [5.41, 5.74) is 0.703. The fourth-order valence-electron chi connectivity index (χ4n) is 1.16. The van der Waals surface area contributed by atoms with E-state index in [4.69, 9.17) is 37.4 Å². The summed E-state index contributed by atoms with van der Waals surface area (Å²) in [6.45, 7) is 1.89. The largest absolute Gasteiger partial charge is 0.494 e. The van der Waals surface area contributed by atoms with E-state index >= 15 is 0 Å². The van der Waals surface area contributed by atoms with Gasteiger partial charge >= 0.3 is 0 Å². The van der Waals surface area contributed by atoms with E-state index in [1.165, 1.54) is 14.2 Å². The third-order valence-corrected chi connectivity index (χ3v) is 3.61. The Labute approximate surface area is 113 Å². The van der Waals surface area contributed by atoms with Gasteiger partial charge < -0.3 is 14.2 Å². The van der Waals surface area contributed by atoms with Crippen molar-refractivity contribution in [3.8, 4) is 11.5 Å². The molecule has 0 unspecified atom stereocenters. The lowest BCUT2D eigenvalue weighted by Crippen LogP contribution is -2.02. The molecule has 6 heteroatoms. The first-order chi connectivity index (χ1) is 7.54. The van der Waals surface area contributed by atoms with Crippen LogP contribution in [0.1, 0.15) is 5.56 Å². The lowest BCUT2D eigenvalue weighted by molar-refractivity contribution is 0.0504. The van der Waals surface area contributed by atoms with E-state index in [0.717, 1.165) is 0 Å². The van der Waals surface area contributed by atoms with Crippen LogP contribution >= 0.6 is 39.1 Å². The molecular weight excluding hydrogens is 319 g/mol. The Morgan fingerprint density at radius 3 is 2.19 bits per heavy atom. The number of benzene rings is 1. The number of ether oxygens (including phenoxy) is 3. The lowest BCUT2D eigenvalue weighted by atomic mass is 10.2. The van der Waals surface area contributed by atoms with Crippen LogP contribution in [0.5, 0.6) is 11.5 Å². The average molecular weight is 330 g/mol. The second-order valence-corrected chi connectivity index (χ2v) is 4.53. The number of hydrogen-bond acceptors (Lipinski definition) is 3. The van der Waals surface area contributed by atoms with E-state index in [-0.39, 0.29) is 6.79 Å². The van der Waals surface area contributed by atoms with Crippen LogP contribution < -0.4 is 9.47 Å². The molecule has 0 saturated carbocycles. The summed E-state index contributed by atoms with van der Waals surface area (Å²) < 4.78 is 15.9. The third-order valence-electron chi connectivity index (χ3n) is 1.98. The standard InChI is InChI=1S/C10H11BrCl2O3/c1-5-7(12)9(15-3)6(11)10(8(5)13)16-4-14-2/h4H2,1-3H3. The molecule has 0 aliphatic rings. The molecule has 3 nitrogen and oxygen atoms in total. The van der Waals surface area contributed by atoms with E-state index in [0.29, 0.717) is 31.6 Å². The molecule has 0 heterocycles. The summed E-state index contributed by atoms with van der Waals surface area (Å²) in [6, 6.07) is 0. The molecule has 0 spiro atoms. The predicted molar refractivity (Wildman–Crippen MR) is 68.0 cm³/mol. The maximum Gasteiger partial charge on any atom is 0.188 e. The molecule has 0 amide bonds. The summed E-state index contributed by atoms with van der Waals surface area (Å²) in [7, 11) is 3.06. The molecule has 0 bridgehead atoms. The first-order valence-corrected chi connectivity index (χ1v) is 5.92. The highest BCUT2D eigenvalue weighted by atomic mass is 79.9. The molecule has 0 aliphatic carbocycles. The topological polar surface area (TPSA) is 27.7 Å². The minimum atomic E-state index is 0.0997. The van der Waals surface area contributed by atoms with Gasteiger partial charge in [-0.1, -0.05) is 23.2 Å². The summed E-state index contributed by atoms with van der Waals surface area (Å²) in [4.78, 5) is 0. The quantitative estimate of drug-likeness (QED) is 0.780. The summed E-state index contributed by atoms with van der Waals surface area (Å²) >= 11 is 15.5. The first kappa shape index (κ1) is 13.9. The van der Waals surface area contributed by atoms with Crippen molar-refractivity contribution >= 4 is 39.1 Å². The third kappa shape index (κ3) is 2.56. The molecule has 0 fully saturated rings. The van der Waals surface area contributed by atoms with Gasteiger partial charge in [0.2, 0.25) is 0 Å². The predicted octanol–water partition coefficient (Wildman–Crippen LogP) is 4.06. The van der Waals surface area contributed by atoms with Gasteiger partial charge in [0.15, 0.2) is 18.3 Å². The lowest BCUT2D eigenvalue weighted by Gasteiger charge is -2.16. The Balaban J connectivity index is 3.31. The van der Waals surface area contributed by atoms with Crippen LogP contribution in [0.25, 0.3) is 0 Å². The van der Waals surface area contributed by atoms with Crippen LogP contribution in [0.15, 0.2) is 4.47 Å². The molecule has 0 radical (unpaired) electrons. The van der Waals surface area contributed by atoms with Crippen LogP contribution in [-0.2, 0) is 4.74 Å². The van der Waals surface area contributed by atoms with Gasteiger partial charge in [-0.05, 0) is 28.4 Å². The van der Waals surface area contributed by atoms with Crippen molar-refractivity contribution in [2.75, 3.05) is 21.0 Å².